The molecule has 0 saturated heterocycles. The predicted molar refractivity (Wildman–Crippen MR) is 92.7 cm³/mol. The molecule has 0 bridgehead atoms. The molecule has 126 valence electrons. The number of hydrogen-bond acceptors (Lipinski definition) is 6. The largest absolute Gasteiger partial charge is 0.339 e. The molecule has 2 aromatic heterocycles. The lowest BCUT2D eigenvalue weighted by Gasteiger charge is -2.02. The Hall–Kier alpha value is -1.74. The van der Waals surface area contributed by atoms with E-state index < -0.39 is 10.0 Å². The van der Waals surface area contributed by atoms with Gasteiger partial charge in [-0.15, -0.1) is 11.3 Å². The molecular weight excluding hydrogens is 370 g/mol. The number of halogens is 1. The van der Waals surface area contributed by atoms with Crippen LogP contribution in [-0.4, -0.2) is 25.1 Å². The Balaban J connectivity index is 1.63. The molecule has 6 nitrogen and oxygen atoms in total. The van der Waals surface area contributed by atoms with Crippen molar-refractivity contribution in [1.82, 2.24) is 14.9 Å². The highest BCUT2D eigenvalue weighted by Gasteiger charge is 2.17. The first-order valence-electron chi connectivity index (χ1n) is 7.09. The van der Waals surface area contributed by atoms with Gasteiger partial charge >= 0.3 is 0 Å². The smallest absolute Gasteiger partial charge is 0.250 e. The third-order valence-corrected chi connectivity index (χ3v) is 6.48. The fourth-order valence-electron chi connectivity index (χ4n) is 2.03. The van der Waals surface area contributed by atoms with Crippen LogP contribution < -0.4 is 4.72 Å². The Morgan fingerprint density at radius 3 is 2.75 bits per heavy atom. The van der Waals surface area contributed by atoms with E-state index in [0.29, 0.717) is 32.9 Å². The van der Waals surface area contributed by atoms with Crippen LogP contribution >= 0.6 is 22.9 Å². The third-order valence-electron chi connectivity index (χ3n) is 3.19. The highest BCUT2D eigenvalue weighted by atomic mass is 35.5. The highest BCUT2D eigenvalue weighted by Crippen LogP contribution is 2.25. The van der Waals surface area contributed by atoms with Crippen LogP contribution in [0.4, 0.5) is 0 Å². The number of hydrogen-bond donors (Lipinski definition) is 1. The number of sulfonamides is 1. The van der Waals surface area contributed by atoms with Crippen LogP contribution in [0.3, 0.4) is 0 Å². The summed E-state index contributed by atoms with van der Waals surface area (Å²) in [6, 6.07) is 10.5. The Labute approximate surface area is 148 Å². The summed E-state index contributed by atoms with van der Waals surface area (Å²) < 4.78 is 32.2. The number of thiophene rings is 1. The van der Waals surface area contributed by atoms with Crippen molar-refractivity contribution in [1.29, 1.82) is 0 Å². The maximum atomic E-state index is 12.1. The summed E-state index contributed by atoms with van der Waals surface area (Å²) in [6.45, 7) is 2.03. The van der Waals surface area contributed by atoms with Gasteiger partial charge in [-0.1, -0.05) is 28.9 Å². The van der Waals surface area contributed by atoms with Gasteiger partial charge in [-0.25, -0.2) is 13.1 Å². The molecule has 0 aliphatic rings. The molecule has 1 N–H and O–H groups in total. The molecule has 0 saturated carbocycles. The Bertz CT molecular complexity index is 950. The number of rotatable bonds is 6. The summed E-state index contributed by atoms with van der Waals surface area (Å²) in [5, 5.41) is 4.40. The number of aromatic nitrogens is 2. The minimum absolute atomic E-state index is 0.170. The van der Waals surface area contributed by atoms with Crippen molar-refractivity contribution in [2.75, 3.05) is 6.54 Å². The van der Waals surface area contributed by atoms with Gasteiger partial charge in [0, 0.05) is 23.4 Å². The summed E-state index contributed by atoms with van der Waals surface area (Å²) in [7, 11) is -3.50. The van der Waals surface area contributed by atoms with E-state index in [2.05, 4.69) is 14.9 Å². The van der Waals surface area contributed by atoms with E-state index in [1.54, 1.807) is 24.3 Å². The van der Waals surface area contributed by atoms with Crippen LogP contribution in [0.1, 0.15) is 10.8 Å². The highest BCUT2D eigenvalue weighted by molar-refractivity contribution is 7.91. The average molecular weight is 384 g/mol. The molecule has 2 heterocycles. The summed E-state index contributed by atoms with van der Waals surface area (Å²) >= 11 is 7.32. The molecule has 0 radical (unpaired) electrons. The minimum Gasteiger partial charge on any atom is -0.339 e. The Kier molecular flexibility index (Phi) is 5.00. The number of nitrogens with one attached hydrogen (secondary N) is 1. The van der Waals surface area contributed by atoms with Gasteiger partial charge in [-0.3, -0.25) is 0 Å². The lowest BCUT2D eigenvalue weighted by Crippen LogP contribution is -2.25. The molecule has 1 aromatic carbocycles. The zero-order valence-corrected chi connectivity index (χ0v) is 15.1. The monoisotopic (exact) mass is 383 g/mol. The first-order valence-corrected chi connectivity index (χ1v) is 9.77. The predicted octanol–water partition coefficient (Wildman–Crippen LogP) is 3.28. The van der Waals surface area contributed by atoms with E-state index in [1.807, 2.05) is 19.1 Å². The fraction of sp³-hybridized carbons (Fsp3) is 0.200. The molecule has 0 fully saturated rings. The topological polar surface area (TPSA) is 85.1 Å². The van der Waals surface area contributed by atoms with Crippen molar-refractivity contribution < 1.29 is 12.9 Å². The molecule has 0 atom stereocenters. The summed E-state index contributed by atoms with van der Waals surface area (Å²) in [4.78, 5) is 5.18. The second-order valence-electron chi connectivity index (χ2n) is 5.00. The van der Waals surface area contributed by atoms with E-state index in [4.69, 9.17) is 16.1 Å². The van der Waals surface area contributed by atoms with Gasteiger partial charge in [0.15, 0.2) is 0 Å². The molecule has 3 aromatic rings. The average Bonchev–Trinajstić information content (AvgIpc) is 3.17. The van der Waals surface area contributed by atoms with Crippen LogP contribution in [0.25, 0.3) is 11.4 Å². The lowest BCUT2D eigenvalue weighted by atomic mass is 10.2. The van der Waals surface area contributed by atoms with Crippen LogP contribution in [0.5, 0.6) is 0 Å². The van der Waals surface area contributed by atoms with Gasteiger partial charge in [-0.05, 0) is 31.2 Å². The molecule has 0 aliphatic heterocycles. The summed E-state index contributed by atoms with van der Waals surface area (Å²) in [5.74, 6) is 0.724. The van der Waals surface area contributed by atoms with Crippen molar-refractivity contribution >= 4 is 33.0 Å². The van der Waals surface area contributed by atoms with Crippen molar-refractivity contribution in [3.05, 3.63) is 52.2 Å². The first kappa shape index (κ1) is 17.1. The number of benzene rings is 1. The van der Waals surface area contributed by atoms with E-state index >= 15 is 0 Å². The van der Waals surface area contributed by atoms with Gasteiger partial charge in [-0.2, -0.15) is 4.98 Å². The summed E-state index contributed by atoms with van der Waals surface area (Å²) in [5.41, 5.74) is 0.670. The van der Waals surface area contributed by atoms with Crippen LogP contribution in [0.2, 0.25) is 5.02 Å². The number of aryl methyl sites for hydroxylation is 1. The molecule has 24 heavy (non-hydrogen) atoms. The lowest BCUT2D eigenvalue weighted by molar-refractivity contribution is 0.379. The molecule has 9 heteroatoms. The summed E-state index contributed by atoms with van der Waals surface area (Å²) in [6.07, 6.45) is 0.293. The van der Waals surface area contributed by atoms with Gasteiger partial charge < -0.3 is 4.52 Å². The van der Waals surface area contributed by atoms with E-state index in [9.17, 15) is 8.42 Å². The van der Waals surface area contributed by atoms with Gasteiger partial charge in [0.1, 0.15) is 4.21 Å². The van der Waals surface area contributed by atoms with Crippen molar-refractivity contribution in [2.45, 2.75) is 17.6 Å². The zero-order chi connectivity index (χ0) is 17.2. The van der Waals surface area contributed by atoms with Crippen LogP contribution in [0.15, 0.2) is 45.1 Å². The van der Waals surface area contributed by atoms with Gasteiger partial charge in [0.2, 0.25) is 21.7 Å². The van der Waals surface area contributed by atoms with Crippen molar-refractivity contribution in [3.8, 4) is 11.4 Å². The van der Waals surface area contributed by atoms with Crippen LogP contribution in [-0.2, 0) is 16.4 Å². The van der Waals surface area contributed by atoms with Crippen molar-refractivity contribution in [2.24, 2.45) is 0 Å². The second-order valence-corrected chi connectivity index (χ2v) is 8.69. The molecular formula is C15H14ClN3O3S2. The normalized spacial score (nSPS) is 11.8. The quantitative estimate of drug-likeness (QED) is 0.706. The van der Waals surface area contributed by atoms with E-state index in [-0.39, 0.29) is 6.54 Å². The second kappa shape index (κ2) is 7.02. The third kappa shape index (κ3) is 3.84. The molecule has 0 unspecified atom stereocenters. The number of nitrogens with zero attached hydrogens (tertiary/aromatic N) is 2. The first-order chi connectivity index (χ1) is 11.5. The van der Waals surface area contributed by atoms with Gasteiger partial charge in [0.25, 0.3) is 0 Å². The van der Waals surface area contributed by atoms with Crippen molar-refractivity contribution in [3.63, 3.8) is 0 Å². The standard InChI is InChI=1S/C15H14ClN3O3S2/c1-10-6-7-14(23-10)24(20,21)17-9-8-13-18-15(19-22-13)11-4-2-3-5-12(11)16/h2-7,17H,8-9H2,1H3. The molecule has 0 spiro atoms. The molecule has 3 rings (SSSR count). The zero-order valence-electron chi connectivity index (χ0n) is 12.7. The fourth-order valence-corrected chi connectivity index (χ4v) is 4.61. The van der Waals surface area contributed by atoms with E-state index in [1.165, 1.54) is 11.3 Å². The Morgan fingerprint density at radius 1 is 1.25 bits per heavy atom. The maximum absolute atomic E-state index is 12.1. The Morgan fingerprint density at radius 2 is 2.04 bits per heavy atom. The minimum atomic E-state index is -3.50. The molecule has 0 amide bonds. The van der Waals surface area contributed by atoms with Gasteiger partial charge in [0.05, 0.1) is 5.02 Å². The van der Waals surface area contributed by atoms with Crippen LogP contribution in [0, 0.1) is 6.92 Å². The molecule has 0 aliphatic carbocycles. The van der Waals surface area contributed by atoms with E-state index in [0.717, 1.165) is 4.88 Å². The maximum Gasteiger partial charge on any atom is 0.250 e. The SMILES string of the molecule is Cc1ccc(S(=O)(=O)NCCc2nc(-c3ccccc3Cl)no2)s1.